The lowest BCUT2D eigenvalue weighted by Gasteiger charge is -2.58. The number of carbonyl (C=O) groups is 2. The molecule has 0 spiro atoms. The van der Waals surface area contributed by atoms with Crippen LogP contribution in [0.15, 0.2) is 0 Å². The van der Waals surface area contributed by atoms with E-state index in [4.69, 9.17) is 9.29 Å². The van der Waals surface area contributed by atoms with Crippen molar-refractivity contribution in [3.8, 4) is 0 Å². The van der Waals surface area contributed by atoms with Crippen LogP contribution >= 0.6 is 0 Å². The quantitative estimate of drug-likeness (QED) is 0.366. The van der Waals surface area contributed by atoms with E-state index in [9.17, 15) is 40.0 Å². The minimum Gasteiger partial charge on any atom is -0.459 e. The van der Waals surface area contributed by atoms with E-state index in [1.54, 1.807) is 6.92 Å². The molecule has 0 radical (unpaired) electrons. The minimum atomic E-state index is -6.50. The van der Waals surface area contributed by atoms with Gasteiger partial charge in [0.2, 0.25) is 0 Å². The van der Waals surface area contributed by atoms with E-state index in [-0.39, 0.29) is 25.2 Å². The van der Waals surface area contributed by atoms with Crippen molar-refractivity contribution in [3.63, 3.8) is 0 Å². The highest BCUT2D eigenvalue weighted by Crippen LogP contribution is 2.60. The first-order chi connectivity index (χ1) is 13.6. The van der Waals surface area contributed by atoms with E-state index >= 15 is 0 Å². The lowest BCUT2D eigenvalue weighted by atomic mass is 9.50. The van der Waals surface area contributed by atoms with Gasteiger partial charge in [-0.3, -0.25) is 14.1 Å². The van der Waals surface area contributed by atoms with E-state index in [0.29, 0.717) is 19.3 Å². The maximum Gasteiger partial charge on any atom is 0.432 e. The predicted molar refractivity (Wildman–Crippen MR) is 88.6 cm³/mol. The Morgan fingerprint density at radius 2 is 1.63 bits per heavy atom. The van der Waals surface area contributed by atoms with Gasteiger partial charge in [-0.15, -0.1) is 0 Å². The maximum absolute atomic E-state index is 13.7. The number of alkyl halides is 5. The number of halogens is 5. The van der Waals surface area contributed by atoms with E-state index in [1.807, 2.05) is 0 Å². The Bertz CT molecular complexity index is 809. The molecule has 4 fully saturated rings. The molecule has 4 aliphatic rings. The van der Waals surface area contributed by atoms with Crippen LogP contribution in [-0.2, 0) is 29.2 Å². The van der Waals surface area contributed by atoms with E-state index in [2.05, 4.69) is 4.74 Å². The zero-order valence-electron chi connectivity index (χ0n) is 15.8. The number of carbonyl (C=O) groups excluding carboxylic acids is 2. The van der Waals surface area contributed by atoms with Crippen LogP contribution in [0.1, 0.15) is 45.4 Å². The number of hydrogen-bond donors (Lipinski definition) is 1. The first kappa shape index (κ1) is 23.2. The van der Waals surface area contributed by atoms with Crippen LogP contribution in [0.4, 0.5) is 22.0 Å². The molecule has 0 saturated heterocycles. The van der Waals surface area contributed by atoms with Gasteiger partial charge in [0.05, 0.1) is 5.92 Å². The van der Waals surface area contributed by atoms with Crippen LogP contribution in [0.5, 0.6) is 0 Å². The Kier molecular flexibility index (Phi) is 5.62. The number of esters is 2. The third kappa shape index (κ3) is 4.02. The van der Waals surface area contributed by atoms with Gasteiger partial charge < -0.3 is 9.47 Å². The molecular formula is C17H21F5O7S. The second kappa shape index (κ2) is 7.28. The predicted octanol–water partition coefficient (Wildman–Crippen LogP) is 3.09. The van der Waals surface area contributed by atoms with Crippen LogP contribution in [-0.4, -0.2) is 48.0 Å². The molecule has 13 heteroatoms. The van der Waals surface area contributed by atoms with Gasteiger partial charge in [0.15, 0.2) is 0 Å². The fraction of sp³-hybridized carbons (Fsp3) is 0.882. The summed E-state index contributed by atoms with van der Waals surface area (Å²) >= 11 is 0. The third-order valence-corrected chi connectivity index (χ3v) is 7.19. The molecule has 0 amide bonds. The molecule has 0 aromatic carbocycles. The van der Waals surface area contributed by atoms with Gasteiger partial charge >= 0.3 is 33.5 Å². The fourth-order valence-electron chi connectivity index (χ4n) is 5.43. The van der Waals surface area contributed by atoms with E-state index in [1.165, 1.54) is 0 Å². The van der Waals surface area contributed by atoms with Crippen molar-refractivity contribution in [3.05, 3.63) is 0 Å². The Hall–Kier alpha value is -1.50. The molecule has 0 aliphatic heterocycles. The van der Waals surface area contributed by atoms with Gasteiger partial charge in [0.25, 0.3) is 6.10 Å². The van der Waals surface area contributed by atoms with Gasteiger partial charge in [-0.2, -0.15) is 30.4 Å². The highest BCUT2D eigenvalue weighted by molar-refractivity contribution is 7.86. The summed E-state index contributed by atoms with van der Waals surface area (Å²) in [4.78, 5) is 24.3. The average Bonchev–Trinajstić information content (AvgIpc) is 2.56. The summed E-state index contributed by atoms with van der Waals surface area (Å²) in [6.07, 6.45) is -8.31. The minimum absolute atomic E-state index is 0.0777. The zero-order chi connectivity index (χ0) is 22.7. The van der Waals surface area contributed by atoms with E-state index < -0.39 is 62.9 Å². The van der Waals surface area contributed by atoms with Gasteiger partial charge in [-0.25, -0.2) is 0 Å². The van der Waals surface area contributed by atoms with Gasteiger partial charge in [-0.05, 0) is 49.9 Å². The Labute approximate surface area is 169 Å². The second-order valence-electron chi connectivity index (χ2n) is 8.40. The molecule has 7 nitrogen and oxygen atoms in total. The molecule has 4 bridgehead atoms. The Morgan fingerprint density at radius 3 is 2.07 bits per heavy atom. The van der Waals surface area contributed by atoms with Gasteiger partial charge in [-0.1, -0.05) is 6.92 Å². The fourth-order valence-corrected chi connectivity index (χ4v) is 5.88. The summed E-state index contributed by atoms with van der Waals surface area (Å²) in [5, 5.41) is -5.76. The second-order valence-corrected chi connectivity index (χ2v) is 9.90. The number of rotatable bonds is 6. The molecule has 3 atom stereocenters. The van der Waals surface area contributed by atoms with Gasteiger partial charge in [0.1, 0.15) is 5.60 Å². The van der Waals surface area contributed by atoms with Crippen molar-refractivity contribution in [2.45, 2.75) is 68.6 Å². The normalized spacial score (nSPS) is 34.5. The molecule has 172 valence electrons. The highest BCUT2D eigenvalue weighted by Gasteiger charge is 2.67. The number of hydrogen-bond acceptors (Lipinski definition) is 6. The Balaban J connectivity index is 1.82. The van der Waals surface area contributed by atoms with Crippen LogP contribution in [0.2, 0.25) is 0 Å². The average molecular weight is 464 g/mol. The first-order valence-electron chi connectivity index (χ1n) is 9.43. The van der Waals surface area contributed by atoms with Crippen molar-refractivity contribution in [1.29, 1.82) is 0 Å². The summed E-state index contributed by atoms with van der Waals surface area (Å²) in [6.45, 7) is 1.61. The van der Waals surface area contributed by atoms with Crippen LogP contribution in [0, 0.1) is 23.7 Å². The lowest BCUT2D eigenvalue weighted by Crippen LogP contribution is -2.59. The SMILES string of the molecule is CCC(=O)OC12CC3CC(C1)C(C(=O)OC(C(F)(F)F)C(F)(F)S(=O)(=O)O)C(C3)C2. The maximum atomic E-state index is 13.7. The summed E-state index contributed by atoms with van der Waals surface area (Å²) in [5.74, 6) is -4.19. The summed E-state index contributed by atoms with van der Waals surface area (Å²) in [5.41, 5.74) is -0.831. The molecule has 0 aromatic heterocycles. The topological polar surface area (TPSA) is 107 Å². The molecule has 30 heavy (non-hydrogen) atoms. The first-order valence-corrected chi connectivity index (χ1v) is 10.9. The van der Waals surface area contributed by atoms with E-state index in [0.717, 1.165) is 0 Å². The molecule has 4 saturated carbocycles. The third-order valence-electron chi connectivity index (χ3n) is 6.29. The molecule has 4 rings (SSSR count). The molecule has 1 N–H and O–H groups in total. The molecule has 0 aromatic rings. The summed E-state index contributed by atoms with van der Waals surface area (Å²) in [6, 6.07) is 0. The monoisotopic (exact) mass is 464 g/mol. The van der Waals surface area contributed by atoms with Crippen LogP contribution in [0.3, 0.4) is 0 Å². The van der Waals surface area contributed by atoms with Crippen molar-refractivity contribution in [1.82, 2.24) is 0 Å². The largest absolute Gasteiger partial charge is 0.459 e. The zero-order valence-corrected chi connectivity index (χ0v) is 16.6. The van der Waals surface area contributed by atoms with Crippen molar-refractivity contribution >= 4 is 22.1 Å². The molecule has 3 unspecified atom stereocenters. The summed E-state index contributed by atoms with van der Waals surface area (Å²) < 4.78 is 106. The summed E-state index contributed by atoms with van der Waals surface area (Å²) in [7, 11) is -6.50. The van der Waals surface area contributed by atoms with Crippen molar-refractivity contribution in [2.75, 3.05) is 0 Å². The number of ether oxygens (including phenoxy) is 2. The van der Waals surface area contributed by atoms with Crippen molar-refractivity contribution < 1.29 is 54.0 Å². The van der Waals surface area contributed by atoms with Crippen LogP contribution in [0.25, 0.3) is 0 Å². The Morgan fingerprint density at radius 1 is 1.10 bits per heavy atom. The standard InChI is InChI=1S/C17H21F5O7S/c1-2-11(23)29-15-5-8-3-9(6-15)12(10(4-8)7-15)13(24)28-14(16(18,19)20)17(21,22)30(25,26)27/h8-10,12,14H,2-7H2,1H3,(H,25,26,27). The molecular weight excluding hydrogens is 443 g/mol. The van der Waals surface area contributed by atoms with Crippen molar-refractivity contribution in [2.24, 2.45) is 23.7 Å². The highest BCUT2D eigenvalue weighted by atomic mass is 32.2. The van der Waals surface area contributed by atoms with Crippen LogP contribution < -0.4 is 0 Å². The van der Waals surface area contributed by atoms with Gasteiger partial charge in [0, 0.05) is 6.42 Å². The smallest absolute Gasteiger partial charge is 0.432 e. The lowest BCUT2D eigenvalue weighted by molar-refractivity contribution is -0.265. The molecule has 0 heterocycles. The molecule has 4 aliphatic carbocycles.